The summed E-state index contributed by atoms with van der Waals surface area (Å²) in [6, 6.07) is 33.0. The Hall–Kier alpha value is -4.37. The first-order valence-electron chi connectivity index (χ1n) is 21.6. The van der Waals surface area contributed by atoms with Gasteiger partial charge in [0, 0.05) is 51.6 Å². The SMILES string of the molecule is [2H]C([2H])([2H])c1c[c-]c(-c2ccc(C(C)(C)C)cn2)cc1.[2H]C([2H])([2H])c1cnc(-c2[c-]ccc3c2oc2ccccc23)cc1-c1ccc(C2([2H])CCCC2)cc1C([2H])([2H])[2H].[Ir]. The minimum atomic E-state index is -2.53. The van der Waals surface area contributed by atoms with Crippen LogP contribution in [0.15, 0.2) is 108 Å². The molecule has 3 nitrogen and oxygen atoms in total. The van der Waals surface area contributed by atoms with Crippen LogP contribution in [0.5, 0.6) is 0 Å². The number of hydrogen-bond donors (Lipinski definition) is 0. The third kappa shape index (κ3) is 7.38. The topological polar surface area (TPSA) is 38.9 Å². The predicted octanol–water partition coefficient (Wildman–Crippen LogP) is 12.5. The first-order valence-corrected chi connectivity index (χ1v) is 16.6. The summed E-state index contributed by atoms with van der Waals surface area (Å²) in [6.45, 7) is -0.704. The second kappa shape index (κ2) is 14.9. The van der Waals surface area contributed by atoms with E-state index < -0.39 is 26.4 Å². The quantitative estimate of drug-likeness (QED) is 0.166. The third-order valence-corrected chi connectivity index (χ3v) is 9.14. The molecule has 0 bridgehead atoms. The van der Waals surface area contributed by atoms with E-state index in [1.54, 1.807) is 42.5 Å². The van der Waals surface area contributed by atoms with Crippen molar-refractivity contribution >= 4 is 21.9 Å². The average molecular weight is 843 g/mol. The zero-order valence-corrected chi connectivity index (χ0v) is 30.7. The molecule has 0 amide bonds. The standard InChI is InChI=1S/C30H26NO.C16H18N.Ir/c1-19-16-22(21-8-3-4-9-21)14-15-23(19)27-17-28(31-18-20(27)2)26-12-7-11-25-24-10-5-6-13-29(24)32-30(25)26;1-12-5-7-13(8-6-12)15-10-9-14(11-17-15)16(2,3)4;/h5-7,10-11,13-18,21H,3-4,8-9H2,1-2H3;5-7,9-11H,1-4H3;/q2*-1;/i1D3,2D3,21D;1D3;. The van der Waals surface area contributed by atoms with Crippen LogP contribution in [0.1, 0.15) is 93.9 Å². The van der Waals surface area contributed by atoms with Crippen molar-refractivity contribution in [3.8, 4) is 33.6 Å². The number of para-hydroxylation sites is 1. The molecule has 8 rings (SSSR count). The molecule has 4 heteroatoms. The number of nitrogens with zero attached hydrogens (tertiary/aromatic N) is 2. The second-order valence-corrected chi connectivity index (χ2v) is 13.6. The average Bonchev–Trinajstić information content (AvgIpc) is 3.81. The predicted molar refractivity (Wildman–Crippen MR) is 204 cm³/mol. The Kier molecular flexibility index (Phi) is 7.34. The van der Waals surface area contributed by atoms with Gasteiger partial charge >= 0.3 is 0 Å². The normalized spacial score (nSPS) is 17.6. The van der Waals surface area contributed by atoms with Crippen molar-refractivity contribution in [3.63, 3.8) is 0 Å². The largest absolute Gasteiger partial charge is 0.501 e. The first kappa shape index (κ1) is 24.7. The molecule has 3 aromatic heterocycles. The Morgan fingerprint density at radius 1 is 0.780 bits per heavy atom. The van der Waals surface area contributed by atoms with Crippen molar-refractivity contribution in [2.45, 2.75) is 78.3 Å². The van der Waals surface area contributed by atoms with E-state index in [9.17, 15) is 0 Å². The molecule has 1 saturated carbocycles. The molecule has 0 saturated heterocycles. The van der Waals surface area contributed by atoms with E-state index in [1.807, 2.05) is 48.7 Å². The van der Waals surface area contributed by atoms with E-state index in [-0.39, 0.29) is 42.2 Å². The van der Waals surface area contributed by atoms with Crippen LogP contribution in [0, 0.1) is 32.7 Å². The molecule has 1 radical (unpaired) electrons. The molecule has 1 aliphatic rings. The van der Waals surface area contributed by atoms with Gasteiger partial charge in [-0.15, -0.1) is 53.6 Å². The molecule has 0 N–H and O–H groups in total. The summed E-state index contributed by atoms with van der Waals surface area (Å²) < 4.78 is 86.5. The van der Waals surface area contributed by atoms with E-state index in [0.717, 1.165) is 34.9 Å². The van der Waals surface area contributed by atoms with Crippen molar-refractivity contribution in [1.29, 1.82) is 0 Å². The molecule has 0 unspecified atom stereocenters. The minimum absolute atomic E-state index is 0. The number of benzene rings is 4. The van der Waals surface area contributed by atoms with Crippen LogP contribution in [0.3, 0.4) is 0 Å². The number of aromatic nitrogens is 2. The second-order valence-electron chi connectivity index (χ2n) is 13.6. The summed E-state index contributed by atoms with van der Waals surface area (Å²) in [5.41, 5.74) is 6.63. The summed E-state index contributed by atoms with van der Waals surface area (Å²) in [7, 11) is 0. The molecule has 0 spiro atoms. The van der Waals surface area contributed by atoms with E-state index in [4.69, 9.17) is 18.1 Å². The van der Waals surface area contributed by atoms with Crippen LogP contribution in [0.25, 0.3) is 55.6 Å². The Labute approximate surface area is 324 Å². The molecular weight excluding hydrogens is 789 g/mol. The Balaban J connectivity index is 0.000000243. The van der Waals surface area contributed by atoms with E-state index in [2.05, 4.69) is 42.9 Å². The zero-order chi connectivity index (χ0) is 42.5. The molecule has 1 aliphatic carbocycles. The fourth-order valence-corrected chi connectivity index (χ4v) is 6.37. The van der Waals surface area contributed by atoms with E-state index >= 15 is 0 Å². The van der Waals surface area contributed by atoms with E-state index in [1.165, 1.54) is 17.8 Å². The van der Waals surface area contributed by atoms with Gasteiger partial charge in [0.15, 0.2) is 0 Å². The van der Waals surface area contributed by atoms with Gasteiger partial charge in [-0.1, -0.05) is 106 Å². The van der Waals surface area contributed by atoms with Gasteiger partial charge < -0.3 is 14.4 Å². The van der Waals surface area contributed by atoms with Crippen molar-refractivity contribution < 1.29 is 38.2 Å². The molecule has 0 aliphatic heterocycles. The van der Waals surface area contributed by atoms with Crippen molar-refractivity contribution in [2.75, 3.05) is 0 Å². The number of aryl methyl sites for hydroxylation is 3. The van der Waals surface area contributed by atoms with Crippen LogP contribution in [0.2, 0.25) is 0 Å². The van der Waals surface area contributed by atoms with Crippen LogP contribution in [-0.4, -0.2) is 9.97 Å². The van der Waals surface area contributed by atoms with Crippen LogP contribution < -0.4 is 0 Å². The molecular formula is C46H44IrN2O-2. The smallest absolute Gasteiger partial charge is 0.120 e. The van der Waals surface area contributed by atoms with Crippen LogP contribution >= 0.6 is 0 Å². The van der Waals surface area contributed by atoms with Gasteiger partial charge in [0.1, 0.15) is 5.58 Å². The van der Waals surface area contributed by atoms with Crippen LogP contribution in [-0.2, 0) is 25.5 Å². The molecule has 1 fully saturated rings. The van der Waals surface area contributed by atoms with E-state index in [0.29, 0.717) is 52.0 Å². The van der Waals surface area contributed by atoms with Gasteiger partial charge in [0.05, 0.1) is 5.58 Å². The number of rotatable bonds is 4. The summed E-state index contributed by atoms with van der Waals surface area (Å²) in [5, 5.41) is 1.83. The molecule has 7 aromatic rings. The van der Waals surface area contributed by atoms with Gasteiger partial charge in [0.2, 0.25) is 0 Å². The maximum atomic E-state index is 8.91. The first-order chi connectivity index (χ1) is 27.6. The summed E-state index contributed by atoms with van der Waals surface area (Å²) >= 11 is 0. The summed E-state index contributed by atoms with van der Waals surface area (Å²) in [5.74, 6) is -0.833. The number of fused-ring (bicyclic) bond motifs is 3. The minimum Gasteiger partial charge on any atom is -0.501 e. The number of hydrogen-bond acceptors (Lipinski definition) is 3. The summed E-state index contributed by atoms with van der Waals surface area (Å²) in [4.78, 5) is 8.92. The zero-order valence-electron chi connectivity index (χ0n) is 38.3. The Morgan fingerprint density at radius 2 is 1.60 bits per heavy atom. The van der Waals surface area contributed by atoms with Crippen molar-refractivity contribution in [2.24, 2.45) is 0 Å². The Bertz CT molecular complexity index is 2560. The molecule has 255 valence electrons. The molecule has 3 heterocycles. The maximum absolute atomic E-state index is 8.91. The van der Waals surface area contributed by atoms with Gasteiger partial charge in [-0.25, -0.2) is 0 Å². The van der Waals surface area contributed by atoms with Crippen LogP contribution in [0.4, 0.5) is 0 Å². The molecule has 0 atom stereocenters. The molecule has 4 aromatic carbocycles. The van der Waals surface area contributed by atoms with Crippen molar-refractivity contribution in [3.05, 3.63) is 143 Å². The number of pyridine rings is 2. The number of furan rings is 1. The van der Waals surface area contributed by atoms with Gasteiger partial charge in [-0.2, -0.15) is 0 Å². The van der Waals surface area contributed by atoms with Gasteiger partial charge in [-0.3, -0.25) is 0 Å². The Morgan fingerprint density at radius 3 is 2.32 bits per heavy atom. The fraction of sp³-hybridized carbons (Fsp3) is 0.261. The monoisotopic (exact) mass is 843 g/mol. The van der Waals surface area contributed by atoms with Gasteiger partial charge in [0.25, 0.3) is 0 Å². The summed E-state index contributed by atoms with van der Waals surface area (Å²) in [6.07, 6.45) is 6.35. The molecule has 50 heavy (non-hydrogen) atoms. The maximum Gasteiger partial charge on any atom is 0.120 e. The fourth-order valence-electron chi connectivity index (χ4n) is 6.37. The third-order valence-electron chi connectivity index (χ3n) is 9.14. The van der Waals surface area contributed by atoms with Crippen molar-refractivity contribution in [1.82, 2.24) is 9.97 Å². The van der Waals surface area contributed by atoms with Gasteiger partial charge in [-0.05, 0) is 88.7 Å².